The quantitative estimate of drug-likeness (QED) is 0.717. The molecule has 0 spiro atoms. The molecule has 0 aromatic rings. The van der Waals surface area contributed by atoms with Crippen molar-refractivity contribution in [3.05, 3.63) is 0 Å². The lowest BCUT2D eigenvalue weighted by atomic mass is 9.93. The lowest BCUT2D eigenvalue weighted by Crippen LogP contribution is -2.62. The number of nitrogens with zero attached hydrogens (tertiary/aromatic N) is 1. The van der Waals surface area contributed by atoms with Gasteiger partial charge in [-0.25, -0.2) is 0 Å². The topological polar surface area (TPSA) is 15.3 Å². The van der Waals surface area contributed by atoms with Crippen molar-refractivity contribution in [2.75, 3.05) is 19.6 Å². The van der Waals surface area contributed by atoms with E-state index >= 15 is 0 Å². The summed E-state index contributed by atoms with van der Waals surface area (Å²) >= 11 is 0. The number of unbranched alkanes of at least 4 members (excludes halogenated alkanes) is 3. The average molecular weight is 240 g/mol. The predicted octanol–water partition coefficient (Wildman–Crippen LogP) is 3.28. The molecule has 1 heterocycles. The van der Waals surface area contributed by atoms with Crippen molar-refractivity contribution in [1.82, 2.24) is 10.2 Å². The number of piperazine rings is 1. The van der Waals surface area contributed by atoms with E-state index in [-0.39, 0.29) is 5.54 Å². The van der Waals surface area contributed by atoms with Gasteiger partial charge in [-0.1, -0.05) is 40.0 Å². The Labute approximate surface area is 108 Å². The van der Waals surface area contributed by atoms with Gasteiger partial charge in [0.25, 0.3) is 0 Å². The average Bonchev–Trinajstić information content (AvgIpc) is 2.23. The molecular formula is C15H32N2. The van der Waals surface area contributed by atoms with E-state index in [1.54, 1.807) is 0 Å². The molecule has 0 bridgehead atoms. The monoisotopic (exact) mass is 240 g/mol. The van der Waals surface area contributed by atoms with Gasteiger partial charge in [-0.05, 0) is 32.7 Å². The van der Waals surface area contributed by atoms with Crippen LogP contribution in [0, 0.1) is 5.92 Å². The van der Waals surface area contributed by atoms with E-state index in [4.69, 9.17) is 0 Å². The molecular weight excluding hydrogens is 208 g/mol. The van der Waals surface area contributed by atoms with Crippen LogP contribution in [0.4, 0.5) is 0 Å². The molecule has 1 aliphatic rings. The zero-order valence-electron chi connectivity index (χ0n) is 12.6. The van der Waals surface area contributed by atoms with E-state index < -0.39 is 0 Å². The first-order valence-electron chi connectivity index (χ1n) is 7.45. The minimum absolute atomic E-state index is 0.288. The summed E-state index contributed by atoms with van der Waals surface area (Å²) in [6, 6.07) is 0.727. The zero-order chi connectivity index (χ0) is 12.9. The number of hydrogen-bond acceptors (Lipinski definition) is 2. The summed E-state index contributed by atoms with van der Waals surface area (Å²) in [5, 5.41) is 3.68. The Kier molecular flexibility index (Phi) is 5.94. The maximum atomic E-state index is 3.68. The zero-order valence-corrected chi connectivity index (χ0v) is 12.6. The first-order valence-corrected chi connectivity index (χ1v) is 7.45. The van der Waals surface area contributed by atoms with Crippen LogP contribution in [0.5, 0.6) is 0 Å². The molecule has 102 valence electrons. The van der Waals surface area contributed by atoms with Gasteiger partial charge in [0, 0.05) is 24.7 Å². The normalized spacial score (nSPS) is 25.4. The van der Waals surface area contributed by atoms with Gasteiger partial charge in [0.05, 0.1) is 0 Å². The Balaban J connectivity index is 2.44. The van der Waals surface area contributed by atoms with Gasteiger partial charge in [-0.15, -0.1) is 0 Å². The van der Waals surface area contributed by atoms with Crippen LogP contribution >= 0.6 is 0 Å². The highest BCUT2D eigenvalue weighted by molar-refractivity contribution is 4.93. The van der Waals surface area contributed by atoms with Gasteiger partial charge in [0.2, 0.25) is 0 Å². The molecule has 1 fully saturated rings. The second kappa shape index (κ2) is 6.75. The largest absolute Gasteiger partial charge is 0.309 e. The van der Waals surface area contributed by atoms with E-state index in [2.05, 4.69) is 44.8 Å². The molecule has 1 unspecified atom stereocenters. The molecule has 1 atom stereocenters. The van der Waals surface area contributed by atoms with Crippen LogP contribution in [0.1, 0.15) is 60.3 Å². The highest BCUT2D eigenvalue weighted by Gasteiger charge is 2.33. The van der Waals surface area contributed by atoms with Gasteiger partial charge in [-0.3, -0.25) is 4.90 Å². The molecule has 2 heteroatoms. The van der Waals surface area contributed by atoms with E-state index in [0.29, 0.717) is 0 Å². The van der Waals surface area contributed by atoms with Crippen molar-refractivity contribution >= 4 is 0 Å². The van der Waals surface area contributed by atoms with Crippen molar-refractivity contribution in [2.24, 2.45) is 5.92 Å². The second-order valence-electron chi connectivity index (χ2n) is 6.61. The van der Waals surface area contributed by atoms with Crippen molar-refractivity contribution in [1.29, 1.82) is 0 Å². The third-order valence-electron chi connectivity index (χ3n) is 3.93. The van der Waals surface area contributed by atoms with Crippen LogP contribution in [-0.2, 0) is 0 Å². The van der Waals surface area contributed by atoms with E-state index in [1.165, 1.54) is 38.8 Å². The van der Waals surface area contributed by atoms with Gasteiger partial charge < -0.3 is 5.32 Å². The molecule has 1 saturated heterocycles. The summed E-state index contributed by atoms with van der Waals surface area (Å²) in [7, 11) is 0. The Hall–Kier alpha value is -0.0800. The van der Waals surface area contributed by atoms with Crippen molar-refractivity contribution in [3.63, 3.8) is 0 Å². The third kappa shape index (κ3) is 4.97. The first-order chi connectivity index (χ1) is 7.96. The Morgan fingerprint density at radius 1 is 1.24 bits per heavy atom. The SMILES string of the molecule is CCCCCCN1CC(C)(C)NCC1C(C)C. The van der Waals surface area contributed by atoms with Crippen LogP contribution in [-0.4, -0.2) is 36.1 Å². The molecule has 0 aliphatic carbocycles. The summed E-state index contributed by atoms with van der Waals surface area (Å²) in [5.41, 5.74) is 0.288. The molecule has 1 aliphatic heterocycles. The molecule has 1 N–H and O–H groups in total. The number of nitrogens with one attached hydrogen (secondary N) is 1. The molecule has 0 radical (unpaired) electrons. The molecule has 0 saturated carbocycles. The highest BCUT2D eigenvalue weighted by Crippen LogP contribution is 2.20. The van der Waals surface area contributed by atoms with Gasteiger partial charge in [0.15, 0.2) is 0 Å². The van der Waals surface area contributed by atoms with E-state index in [0.717, 1.165) is 18.5 Å². The summed E-state index contributed by atoms with van der Waals surface area (Å²) in [6.45, 7) is 15.3. The fourth-order valence-corrected chi connectivity index (χ4v) is 2.83. The summed E-state index contributed by atoms with van der Waals surface area (Å²) in [6.07, 6.45) is 5.49. The van der Waals surface area contributed by atoms with Crippen LogP contribution in [0.3, 0.4) is 0 Å². The predicted molar refractivity (Wildman–Crippen MR) is 76.4 cm³/mol. The highest BCUT2D eigenvalue weighted by atomic mass is 15.2. The summed E-state index contributed by atoms with van der Waals surface area (Å²) in [4.78, 5) is 2.72. The van der Waals surface area contributed by atoms with Crippen molar-refractivity contribution in [3.8, 4) is 0 Å². The second-order valence-corrected chi connectivity index (χ2v) is 6.61. The Bertz CT molecular complexity index is 211. The maximum absolute atomic E-state index is 3.68. The lowest BCUT2D eigenvalue weighted by Gasteiger charge is -2.46. The molecule has 0 aromatic carbocycles. The van der Waals surface area contributed by atoms with Crippen molar-refractivity contribution in [2.45, 2.75) is 71.9 Å². The minimum atomic E-state index is 0.288. The van der Waals surface area contributed by atoms with Gasteiger partial charge >= 0.3 is 0 Å². The van der Waals surface area contributed by atoms with Crippen LogP contribution in [0.2, 0.25) is 0 Å². The van der Waals surface area contributed by atoms with E-state index in [1.807, 2.05) is 0 Å². The Morgan fingerprint density at radius 2 is 1.94 bits per heavy atom. The van der Waals surface area contributed by atoms with Gasteiger partial charge in [-0.2, -0.15) is 0 Å². The molecule has 0 amide bonds. The standard InChI is InChI=1S/C15H32N2/c1-6-7-8-9-10-17-12-15(4,5)16-11-14(17)13(2)3/h13-14,16H,6-12H2,1-5H3. The third-order valence-corrected chi connectivity index (χ3v) is 3.93. The van der Waals surface area contributed by atoms with E-state index in [9.17, 15) is 0 Å². The lowest BCUT2D eigenvalue weighted by molar-refractivity contribution is 0.0678. The number of hydrogen-bond donors (Lipinski definition) is 1. The molecule has 0 aromatic heterocycles. The Morgan fingerprint density at radius 3 is 2.53 bits per heavy atom. The molecule has 1 rings (SSSR count). The molecule has 17 heavy (non-hydrogen) atoms. The van der Waals surface area contributed by atoms with Crippen molar-refractivity contribution < 1.29 is 0 Å². The van der Waals surface area contributed by atoms with Crippen LogP contribution in [0.25, 0.3) is 0 Å². The first kappa shape index (κ1) is 15.0. The summed E-state index contributed by atoms with van der Waals surface area (Å²) < 4.78 is 0. The fraction of sp³-hybridized carbons (Fsp3) is 1.00. The van der Waals surface area contributed by atoms with Crippen LogP contribution < -0.4 is 5.32 Å². The fourth-order valence-electron chi connectivity index (χ4n) is 2.83. The minimum Gasteiger partial charge on any atom is -0.309 e. The van der Waals surface area contributed by atoms with Crippen LogP contribution in [0.15, 0.2) is 0 Å². The maximum Gasteiger partial charge on any atom is 0.0252 e. The van der Waals surface area contributed by atoms with Gasteiger partial charge in [0.1, 0.15) is 0 Å². The number of rotatable bonds is 6. The summed E-state index contributed by atoms with van der Waals surface area (Å²) in [5.74, 6) is 0.754. The smallest absolute Gasteiger partial charge is 0.0252 e. The molecule has 2 nitrogen and oxygen atoms in total.